The Hall–Kier alpha value is -2.56. The highest BCUT2D eigenvalue weighted by molar-refractivity contribution is 6.58. The maximum Gasteiger partial charge on any atom is 0.488 e. The first-order valence-electron chi connectivity index (χ1n) is 9.33. The molecule has 2 aromatic carbocycles. The fraction of sp³-hybridized carbons (Fsp3) is 0.217. The zero-order chi connectivity index (χ0) is 19.4. The molecule has 0 saturated heterocycles. The topological polar surface area (TPSA) is 53.6 Å². The smallest absolute Gasteiger partial charge is 0.472 e. The normalized spacial score (nSPS) is 12.2. The van der Waals surface area contributed by atoms with Crippen LogP contribution in [0, 0.1) is 0 Å². The number of hydrogen-bond acceptors (Lipinski definition) is 3. The van der Waals surface area contributed by atoms with Crippen molar-refractivity contribution in [1.29, 1.82) is 0 Å². The molecule has 0 unspecified atom stereocenters. The molecule has 0 aliphatic rings. The molecule has 0 saturated carbocycles. The molecule has 0 radical (unpaired) electrons. The van der Waals surface area contributed by atoms with E-state index >= 15 is 0 Å². The predicted molar refractivity (Wildman–Crippen MR) is 112 cm³/mol. The van der Waals surface area contributed by atoms with Gasteiger partial charge in [-0.3, -0.25) is 0 Å². The van der Waals surface area contributed by atoms with E-state index in [-0.39, 0.29) is 5.92 Å². The summed E-state index contributed by atoms with van der Waals surface area (Å²) >= 11 is 0. The SMILES string of the molecule is CC/C(=C(/c1ccccc1)c1ccoc1)c1cc(B(O)O)cc(C(C)C)c1. The fourth-order valence-electron chi connectivity index (χ4n) is 3.39. The van der Waals surface area contributed by atoms with Gasteiger partial charge in [-0.25, -0.2) is 0 Å². The molecule has 0 aliphatic carbocycles. The molecule has 0 aliphatic heterocycles. The third-order valence-electron chi connectivity index (χ3n) is 4.82. The van der Waals surface area contributed by atoms with Crippen molar-refractivity contribution in [3.8, 4) is 0 Å². The lowest BCUT2D eigenvalue weighted by Gasteiger charge is -2.18. The largest absolute Gasteiger partial charge is 0.488 e. The van der Waals surface area contributed by atoms with Crippen LogP contribution in [0.4, 0.5) is 0 Å². The Morgan fingerprint density at radius 1 is 0.963 bits per heavy atom. The molecule has 138 valence electrons. The molecule has 0 fully saturated rings. The van der Waals surface area contributed by atoms with E-state index in [1.807, 2.05) is 36.4 Å². The molecule has 3 rings (SSSR count). The van der Waals surface area contributed by atoms with E-state index < -0.39 is 7.12 Å². The van der Waals surface area contributed by atoms with Crippen molar-refractivity contribution in [3.63, 3.8) is 0 Å². The third kappa shape index (κ3) is 4.24. The van der Waals surface area contributed by atoms with E-state index in [4.69, 9.17) is 4.42 Å². The minimum atomic E-state index is -1.49. The Bertz CT molecular complexity index is 884. The van der Waals surface area contributed by atoms with Crippen LogP contribution in [0.3, 0.4) is 0 Å². The van der Waals surface area contributed by atoms with Crippen LogP contribution in [0.25, 0.3) is 11.1 Å². The van der Waals surface area contributed by atoms with Crippen LogP contribution < -0.4 is 5.46 Å². The van der Waals surface area contributed by atoms with Gasteiger partial charge in [0.05, 0.1) is 12.5 Å². The van der Waals surface area contributed by atoms with Gasteiger partial charge in [0.1, 0.15) is 0 Å². The van der Waals surface area contributed by atoms with Gasteiger partial charge in [-0.15, -0.1) is 0 Å². The van der Waals surface area contributed by atoms with E-state index in [1.54, 1.807) is 12.5 Å². The standard InChI is InChI=1S/C23H25BO3/c1-4-22(20-12-19(16(2)3)13-21(14-20)24(25)26)23(18-10-11-27-15-18)17-8-6-5-7-9-17/h5-16,25-26H,4H2,1-3H3/b23-22+. The van der Waals surface area contributed by atoms with E-state index in [0.29, 0.717) is 5.46 Å². The summed E-state index contributed by atoms with van der Waals surface area (Å²) in [5.74, 6) is 0.287. The van der Waals surface area contributed by atoms with E-state index in [9.17, 15) is 10.0 Å². The molecular weight excluding hydrogens is 335 g/mol. The molecule has 0 spiro atoms. The molecule has 27 heavy (non-hydrogen) atoms. The zero-order valence-electron chi connectivity index (χ0n) is 16.0. The van der Waals surface area contributed by atoms with Crippen molar-refractivity contribution in [1.82, 2.24) is 0 Å². The molecule has 0 amide bonds. The van der Waals surface area contributed by atoms with Crippen molar-refractivity contribution in [3.05, 3.63) is 89.4 Å². The number of rotatable bonds is 6. The minimum absolute atomic E-state index is 0.287. The quantitative estimate of drug-likeness (QED) is 0.504. The summed E-state index contributed by atoms with van der Waals surface area (Å²) in [6, 6.07) is 18.1. The van der Waals surface area contributed by atoms with Crippen LogP contribution in [-0.2, 0) is 0 Å². The van der Waals surface area contributed by atoms with Gasteiger partial charge in [0.2, 0.25) is 0 Å². The number of allylic oxidation sites excluding steroid dienone is 1. The van der Waals surface area contributed by atoms with Crippen molar-refractivity contribution in [2.45, 2.75) is 33.1 Å². The lowest BCUT2D eigenvalue weighted by molar-refractivity contribution is 0.425. The predicted octanol–water partition coefficient (Wildman–Crippen LogP) is 4.45. The van der Waals surface area contributed by atoms with Crippen LogP contribution >= 0.6 is 0 Å². The van der Waals surface area contributed by atoms with E-state index in [1.165, 1.54) is 0 Å². The number of hydrogen-bond donors (Lipinski definition) is 2. The molecule has 1 aromatic heterocycles. The third-order valence-corrected chi connectivity index (χ3v) is 4.82. The fourth-order valence-corrected chi connectivity index (χ4v) is 3.39. The van der Waals surface area contributed by atoms with Crippen molar-refractivity contribution in [2.75, 3.05) is 0 Å². The Morgan fingerprint density at radius 3 is 2.26 bits per heavy atom. The average molecular weight is 360 g/mol. The first kappa shape index (κ1) is 19.2. The van der Waals surface area contributed by atoms with Crippen molar-refractivity contribution < 1.29 is 14.5 Å². The Kier molecular flexibility index (Phi) is 5.99. The summed E-state index contributed by atoms with van der Waals surface area (Å²) in [6.45, 7) is 6.34. The monoisotopic (exact) mass is 360 g/mol. The van der Waals surface area contributed by atoms with Gasteiger partial charge < -0.3 is 14.5 Å². The van der Waals surface area contributed by atoms with E-state index in [2.05, 4.69) is 39.0 Å². The van der Waals surface area contributed by atoms with Gasteiger partial charge in [-0.05, 0) is 51.7 Å². The summed E-state index contributed by atoms with van der Waals surface area (Å²) in [7, 11) is -1.49. The highest BCUT2D eigenvalue weighted by Crippen LogP contribution is 2.35. The van der Waals surface area contributed by atoms with Gasteiger partial charge in [0.25, 0.3) is 0 Å². The summed E-state index contributed by atoms with van der Waals surface area (Å²) in [5.41, 5.74) is 6.98. The highest BCUT2D eigenvalue weighted by atomic mass is 16.4. The molecule has 1 heterocycles. The summed E-state index contributed by atoms with van der Waals surface area (Å²) < 4.78 is 5.36. The molecule has 4 heteroatoms. The Balaban J connectivity index is 2.29. The number of benzene rings is 2. The Morgan fingerprint density at radius 2 is 1.70 bits per heavy atom. The second-order valence-electron chi connectivity index (χ2n) is 7.00. The second-order valence-corrected chi connectivity index (χ2v) is 7.00. The molecule has 2 N–H and O–H groups in total. The summed E-state index contributed by atoms with van der Waals surface area (Å²) in [4.78, 5) is 0. The van der Waals surface area contributed by atoms with Gasteiger partial charge in [0.15, 0.2) is 0 Å². The zero-order valence-corrected chi connectivity index (χ0v) is 16.0. The lowest BCUT2D eigenvalue weighted by atomic mass is 9.76. The highest BCUT2D eigenvalue weighted by Gasteiger charge is 2.18. The van der Waals surface area contributed by atoms with E-state index in [0.717, 1.165) is 39.8 Å². The van der Waals surface area contributed by atoms with Crippen LogP contribution in [0.15, 0.2) is 71.5 Å². The molecule has 0 bridgehead atoms. The van der Waals surface area contributed by atoms with Crippen LogP contribution in [0.2, 0.25) is 0 Å². The second kappa shape index (κ2) is 8.42. The number of furan rings is 1. The maximum atomic E-state index is 9.77. The lowest BCUT2D eigenvalue weighted by Crippen LogP contribution is -2.30. The molecule has 3 nitrogen and oxygen atoms in total. The van der Waals surface area contributed by atoms with Gasteiger partial charge in [-0.2, -0.15) is 0 Å². The molecule has 3 aromatic rings. The summed E-state index contributed by atoms with van der Waals surface area (Å²) in [6.07, 6.45) is 4.24. The molecular formula is C23H25BO3. The van der Waals surface area contributed by atoms with Gasteiger partial charge >= 0.3 is 7.12 Å². The first-order chi connectivity index (χ1) is 13.0. The molecule has 0 atom stereocenters. The van der Waals surface area contributed by atoms with Crippen molar-refractivity contribution >= 4 is 23.7 Å². The van der Waals surface area contributed by atoms with Crippen LogP contribution in [0.1, 0.15) is 55.4 Å². The average Bonchev–Trinajstić information content (AvgIpc) is 3.20. The van der Waals surface area contributed by atoms with Gasteiger partial charge in [-0.1, -0.05) is 69.3 Å². The maximum absolute atomic E-state index is 9.77. The van der Waals surface area contributed by atoms with Gasteiger partial charge in [0, 0.05) is 5.56 Å². The minimum Gasteiger partial charge on any atom is -0.472 e. The first-order valence-corrected chi connectivity index (χ1v) is 9.33. The van der Waals surface area contributed by atoms with Crippen LogP contribution in [0.5, 0.6) is 0 Å². The summed E-state index contributed by atoms with van der Waals surface area (Å²) in [5, 5.41) is 19.5. The van der Waals surface area contributed by atoms with Crippen molar-refractivity contribution in [2.24, 2.45) is 0 Å². The Labute approximate surface area is 161 Å². The van der Waals surface area contributed by atoms with Crippen LogP contribution in [-0.4, -0.2) is 17.2 Å².